The number of hydrogen-bond acceptors (Lipinski definition) is 5. The lowest BCUT2D eigenvalue weighted by Crippen LogP contribution is -2.28. The summed E-state index contributed by atoms with van der Waals surface area (Å²) in [5.41, 5.74) is 1.89. The molecule has 9 heteroatoms. The van der Waals surface area contributed by atoms with Gasteiger partial charge in [-0.1, -0.05) is 21.1 Å². The molecule has 3 aromatic rings. The summed E-state index contributed by atoms with van der Waals surface area (Å²) < 4.78 is 34.4. The van der Waals surface area contributed by atoms with Crippen LogP contribution in [-0.2, 0) is 10.0 Å². The van der Waals surface area contributed by atoms with Crippen molar-refractivity contribution in [3.05, 3.63) is 52.1 Å². The summed E-state index contributed by atoms with van der Waals surface area (Å²) in [4.78, 5) is 14.4. The number of carbonyl (C=O) groups excluding carboxylic acids is 1. The molecule has 2 aromatic carbocycles. The van der Waals surface area contributed by atoms with Crippen molar-refractivity contribution in [2.24, 2.45) is 0 Å². The quantitative estimate of drug-likeness (QED) is 0.632. The third-order valence-electron chi connectivity index (χ3n) is 4.76. The van der Waals surface area contributed by atoms with E-state index >= 15 is 0 Å². The number of sulfonamides is 1. The highest BCUT2D eigenvalue weighted by Crippen LogP contribution is 2.27. The molecule has 0 aliphatic carbocycles. The Kier molecular flexibility index (Phi) is 4.88. The van der Waals surface area contributed by atoms with Crippen molar-refractivity contribution >= 4 is 48.5 Å². The number of aryl methyl sites for hydroxylation is 1. The lowest BCUT2D eigenvalue weighted by Gasteiger charge is -2.13. The lowest BCUT2D eigenvalue weighted by molar-refractivity contribution is 0.0784. The predicted molar refractivity (Wildman–Crippen MR) is 109 cm³/mol. The first-order valence-electron chi connectivity index (χ1n) is 8.83. The van der Waals surface area contributed by atoms with Crippen LogP contribution in [0.15, 0.2) is 50.3 Å². The Morgan fingerprint density at radius 1 is 1.18 bits per heavy atom. The van der Waals surface area contributed by atoms with E-state index in [1.807, 2.05) is 6.92 Å². The van der Waals surface area contributed by atoms with Crippen LogP contribution >= 0.6 is 15.9 Å². The average Bonchev–Trinajstić information content (AvgIpc) is 3.33. The summed E-state index contributed by atoms with van der Waals surface area (Å²) in [5, 5.41) is 4.28. The third kappa shape index (κ3) is 3.51. The number of fused-ring (bicyclic) bond motifs is 1. The molecule has 1 aromatic heterocycles. The number of benzene rings is 2. The van der Waals surface area contributed by atoms with Gasteiger partial charge >= 0.3 is 0 Å². The van der Waals surface area contributed by atoms with Gasteiger partial charge in [0.05, 0.1) is 10.3 Å². The van der Waals surface area contributed by atoms with Crippen LogP contribution < -0.4 is 4.72 Å². The van der Waals surface area contributed by atoms with E-state index in [1.165, 1.54) is 18.2 Å². The summed E-state index contributed by atoms with van der Waals surface area (Å²) in [5.74, 6) is -0.234. The molecule has 0 radical (unpaired) electrons. The van der Waals surface area contributed by atoms with E-state index in [0.29, 0.717) is 29.7 Å². The SMILES string of the molecule is Cc1cc(NS(=O)(=O)c2ccc3onc(C(=O)N4CCCC4)c3c2)ccc1Br. The van der Waals surface area contributed by atoms with Gasteiger partial charge in [0.25, 0.3) is 15.9 Å². The Morgan fingerprint density at radius 2 is 1.93 bits per heavy atom. The molecule has 4 rings (SSSR count). The second kappa shape index (κ2) is 7.21. The molecule has 1 fully saturated rings. The molecule has 0 atom stereocenters. The molecule has 1 saturated heterocycles. The van der Waals surface area contributed by atoms with Crippen molar-refractivity contribution < 1.29 is 17.7 Å². The minimum Gasteiger partial charge on any atom is -0.355 e. The molecular weight excluding hydrogens is 446 g/mol. The Hall–Kier alpha value is -2.39. The van der Waals surface area contributed by atoms with Crippen LogP contribution in [0.5, 0.6) is 0 Å². The largest absolute Gasteiger partial charge is 0.355 e. The molecule has 0 saturated carbocycles. The van der Waals surface area contributed by atoms with Crippen LogP contribution in [0.4, 0.5) is 5.69 Å². The normalized spacial score (nSPS) is 14.6. The lowest BCUT2D eigenvalue weighted by atomic mass is 10.2. The number of nitrogens with zero attached hydrogens (tertiary/aromatic N) is 2. The minimum absolute atomic E-state index is 0.0410. The zero-order chi connectivity index (χ0) is 19.9. The Bertz CT molecular complexity index is 1170. The van der Waals surface area contributed by atoms with Gasteiger partial charge in [-0.25, -0.2) is 8.42 Å². The number of hydrogen-bond donors (Lipinski definition) is 1. The maximum absolute atomic E-state index is 12.8. The van der Waals surface area contributed by atoms with Crippen molar-refractivity contribution in [3.63, 3.8) is 0 Å². The van der Waals surface area contributed by atoms with E-state index in [9.17, 15) is 13.2 Å². The van der Waals surface area contributed by atoms with E-state index in [0.717, 1.165) is 22.9 Å². The van der Waals surface area contributed by atoms with Gasteiger partial charge in [-0.2, -0.15) is 0 Å². The molecule has 2 heterocycles. The van der Waals surface area contributed by atoms with E-state index in [-0.39, 0.29) is 16.5 Å². The maximum Gasteiger partial charge on any atom is 0.276 e. The summed E-state index contributed by atoms with van der Waals surface area (Å²) in [6.45, 7) is 3.23. The van der Waals surface area contributed by atoms with Crippen molar-refractivity contribution in [1.82, 2.24) is 10.1 Å². The second-order valence-corrected chi connectivity index (χ2v) is 9.29. The average molecular weight is 464 g/mol. The van der Waals surface area contributed by atoms with Crippen molar-refractivity contribution in [2.75, 3.05) is 17.8 Å². The van der Waals surface area contributed by atoms with E-state index in [1.54, 1.807) is 23.1 Å². The summed E-state index contributed by atoms with van der Waals surface area (Å²) >= 11 is 3.40. The Morgan fingerprint density at radius 3 is 2.64 bits per heavy atom. The van der Waals surface area contributed by atoms with E-state index in [2.05, 4.69) is 25.8 Å². The molecule has 1 N–H and O–H groups in total. The Balaban J connectivity index is 1.68. The maximum atomic E-state index is 12.8. The molecule has 146 valence electrons. The first-order valence-corrected chi connectivity index (χ1v) is 11.1. The van der Waals surface area contributed by atoms with Gasteiger partial charge < -0.3 is 9.42 Å². The molecule has 7 nitrogen and oxygen atoms in total. The van der Waals surface area contributed by atoms with Crippen LogP contribution in [0, 0.1) is 6.92 Å². The highest BCUT2D eigenvalue weighted by Gasteiger charge is 2.26. The fourth-order valence-electron chi connectivity index (χ4n) is 3.23. The van der Waals surface area contributed by atoms with Crippen LogP contribution in [0.1, 0.15) is 28.9 Å². The number of amides is 1. The van der Waals surface area contributed by atoms with Crippen molar-refractivity contribution in [2.45, 2.75) is 24.7 Å². The smallest absolute Gasteiger partial charge is 0.276 e. The first kappa shape index (κ1) is 18.9. The molecule has 0 spiro atoms. The molecule has 28 heavy (non-hydrogen) atoms. The van der Waals surface area contributed by atoms with E-state index < -0.39 is 10.0 Å². The molecule has 0 bridgehead atoms. The topological polar surface area (TPSA) is 92.5 Å². The zero-order valence-electron chi connectivity index (χ0n) is 15.1. The molecule has 1 aliphatic rings. The van der Waals surface area contributed by atoms with Gasteiger partial charge in [-0.3, -0.25) is 9.52 Å². The van der Waals surface area contributed by atoms with E-state index in [4.69, 9.17) is 4.52 Å². The number of likely N-dealkylation sites (tertiary alicyclic amines) is 1. The van der Waals surface area contributed by atoms with Gasteiger partial charge in [0.1, 0.15) is 0 Å². The van der Waals surface area contributed by atoms with Crippen LogP contribution in [0.2, 0.25) is 0 Å². The van der Waals surface area contributed by atoms with Crippen LogP contribution in [0.25, 0.3) is 11.0 Å². The third-order valence-corrected chi connectivity index (χ3v) is 7.03. The predicted octanol–water partition coefficient (Wildman–Crippen LogP) is 3.94. The zero-order valence-corrected chi connectivity index (χ0v) is 17.5. The standard InChI is InChI=1S/C19H18BrN3O4S/c1-12-10-13(4-6-16(12)20)22-28(25,26)14-5-7-17-15(11-14)18(21-27-17)19(24)23-8-2-3-9-23/h4-7,10-11,22H,2-3,8-9H2,1H3. The monoisotopic (exact) mass is 463 g/mol. The van der Waals surface area contributed by atoms with Crippen LogP contribution in [0.3, 0.4) is 0 Å². The van der Waals surface area contributed by atoms with Gasteiger partial charge in [0, 0.05) is 23.2 Å². The van der Waals surface area contributed by atoms with Gasteiger partial charge in [0.2, 0.25) is 0 Å². The highest BCUT2D eigenvalue weighted by molar-refractivity contribution is 9.10. The van der Waals surface area contributed by atoms with Gasteiger partial charge in [-0.15, -0.1) is 0 Å². The number of halogens is 1. The highest BCUT2D eigenvalue weighted by atomic mass is 79.9. The summed E-state index contributed by atoms with van der Waals surface area (Å²) in [6, 6.07) is 9.58. The number of rotatable bonds is 4. The van der Waals surface area contributed by atoms with Gasteiger partial charge in [0.15, 0.2) is 11.3 Å². The number of anilines is 1. The molecule has 1 aliphatic heterocycles. The fourth-order valence-corrected chi connectivity index (χ4v) is 4.55. The summed E-state index contributed by atoms with van der Waals surface area (Å²) in [7, 11) is -3.83. The number of aromatic nitrogens is 1. The fraction of sp³-hybridized carbons (Fsp3) is 0.263. The number of nitrogens with one attached hydrogen (secondary N) is 1. The molecule has 1 amide bonds. The first-order chi connectivity index (χ1) is 13.3. The molecular formula is C19H18BrN3O4S. The minimum atomic E-state index is -3.83. The Labute approximate surface area is 170 Å². The van der Waals surface area contributed by atoms with Crippen molar-refractivity contribution in [1.29, 1.82) is 0 Å². The number of carbonyl (C=O) groups is 1. The van der Waals surface area contributed by atoms with Crippen molar-refractivity contribution in [3.8, 4) is 0 Å². The summed E-state index contributed by atoms with van der Waals surface area (Å²) in [6.07, 6.45) is 1.91. The van der Waals surface area contributed by atoms with Gasteiger partial charge in [-0.05, 0) is 61.7 Å². The molecule has 0 unspecified atom stereocenters. The second-order valence-electron chi connectivity index (χ2n) is 6.76. The van der Waals surface area contributed by atoms with Crippen LogP contribution in [-0.4, -0.2) is 37.5 Å².